The summed E-state index contributed by atoms with van der Waals surface area (Å²) in [4.78, 5) is 11.5. The van der Waals surface area contributed by atoms with Crippen molar-refractivity contribution in [3.05, 3.63) is 48.1 Å². The zero-order chi connectivity index (χ0) is 32.6. The second kappa shape index (κ2) is 15.7. The minimum atomic E-state index is -2.87. The fourth-order valence-corrected chi connectivity index (χ4v) is 6.04. The first-order valence-corrected chi connectivity index (χ1v) is 16.0. The van der Waals surface area contributed by atoms with Gasteiger partial charge in [0.25, 0.3) is 5.88 Å². The van der Waals surface area contributed by atoms with Crippen LogP contribution in [0.15, 0.2) is 43.1 Å². The van der Waals surface area contributed by atoms with E-state index in [-0.39, 0.29) is 31.2 Å². The van der Waals surface area contributed by atoms with E-state index in [0.717, 1.165) is 63.1 Å². The molecule has 2 fully saturated rings. The molecule has 1 N–H and O–H groups in total. The lowest BCUT2D eigenvalue weighted by Gasteiger charge is -2.38. The number of rotatable bonds is 14. The number of nitrogens with one attached hydrogen (secondary N) is 1. The topological polar surface area (TPSA) is 139 Å². The van der Waals surface area contributed by atoms with Crippen LogP contribution < -0.4 is 14.8 Å². The van der Waals surface area contributed by atoms with Crippen molar-refractivity contribution in [3.8, 4) is 22.8 Å². The molecule has 4 heterocycles. The molecular weight excluding hydrogens is 638 g/mol. The first kappa shape index (κ1) is 32.9. The Morgan fingerprint density at radius 3 is 2.53 bits per heavy atom. The summed E-state index contributed by atoms with van der Waals surface area (Å²) in [7, 11) is 0. The number of hydrogen-bond acceptors (Lipinski definition) is 12. The van der Waals surface area contributed by atoms with Crippen LogP contribution in [-0.2, 0) is 16.0 Å². The highest BCUT2D eigenvalue weighted by molar-refractivity contribution is 6.32. The highest BCUT2D eigenvalue weighted by Crippen LogP contribution is 2.35. The summed E-state index contributed by atoms with van der Waals surface area (Å²) < 4.78 is 50.2. The fourth-order valence-electron chi connectivity index (χ4n) is 5.88. The molecule has 0 amide bonds. The number of hydrogen-bond donors (Lipinski definition) is 1. The minimum Gasteiger partial charge on any atom is -0.487 e. The largest absolute Gasteiger partial charge is 0.487 e. The summed E-state index contributed by atoms with van der Waals surface area (Å²) in [5, 5.41) is 19.5. The Balaban J connectivity index is 1.12. The standard InChI is InChI=1S/C30H37ClF2N10O4/c1-20(17-42-19-36-39-40-42)47-27-14-21(2-7-25(27)31)22-15-34-30(35-16-22)37-26-18-43(38-28(26)45-12-13-46-29(32)33)24-5-3-23(4-6-24)41-8-10-44-11-9-41/h2,7,14-16,18-20,23-24,29H,3-6,8-13,17H2,1H3,(H,34,35,37)/t20-,23?,24?/m0/s1. The first-order valence-electron chi connectivity index (χ1n) is 15.6. The summed E-state index contributed by atoms with van der Waals surface area (Å²) in [5.41, 5.74) is 2.09. The number of tetrazole rings is 1. The van der Waals surface area contributed by atoms with Crippen LogP contribution >= 0.6 is 11.6 Å². The maximum Gasteiger partial charge on any atom is 0.345 e. The number of alkyl halides is 2. The summed E-state index contributed by atoms with van der Waals surface area (Å²) >= 11 is 6.42. The zero-order valence-corrected chi connectivity index (χ0v) is 26.7. The van der Waals surface area contributed by atoms with Crippen LogP contribution in [0.25, 0.3) is 11.1 Å². The summed E-state index contributed by atoms with van der Waals surface area (Å²) in [6, 6.07) is 6.17. The maximum absolute atomic E-state index is 12.5. The molecule has 1 aliphatic heterocycles. The van der Waals surface area contributed by atoms with E-state index in [4.69, 9.17) is 25.8 Å². The average Bonchev–Trinajstić information content (AvgIpc) is 3.75. The Hall–Kier alpha value is -3.99. The van der Waals surface area contributed by atoms with Crippen LogP contribution in [0.4, 0.5) is 20.4 Å². The highest BCUT2D eigenvalue weighted by Gasteiger charge is 2.29. The van der Waals surface area contributed by atoms with Gasteiger partial charge in [0.05, 0.1) is 43.6 Å². The molecule has 4 aromatic rings. The lowest BCUT2D eigenvalue weighted by atomic mass is 9.90. The Labute approximate surface area is 275 Å². The van der Waals surface area contributed by atoms with Crippen molar-refractivity contribution >= 4 is 23.2 Å². The number of ether oxygens (including phenoxy) is 4. The van der Waals surface area contributed by atoms with E-state index < -0.39 is 6.61 Å². The van der Waals surface area contributed by atoms with E-state index in [1.54, 1.807) is 23.1 Å². The lowest BCUT2D eigenvalue weighted by molar-refractivity contribution is -0.133. The molecule has 2 aliphatic rings. The lowest BCUT2D eigenvalue weighted by Crippen LogP contribution is -2.45. The second-order valence-electron chi connectivity index (χ2n) is 11.4. The number of benzene rings is 1. The molecule has 1 atom stereocenters. The Morgan fingerprint density at radius 2 is 1.81 bits per heavy atom. The number of morpholine rings is 1. The van der Waals surface area contributed by atoms with Crippen LogP contribution in [0, 0.1) is 0 Å². The zero-order valence-electron chi connectivity index (χ0n) is 25.9. The molecule has 252 valence electrons. The molecule has 3 aromatic heterocycles. The highest BCUT2D eigenvalue weighted by atomic mass is 35.5. The van der Waals surface area contributed by atoms with Crippen LogP contribution in [0.2, 0.25) is 5.02 Å². The molecule has 1 saturated heterocycles. The molecule has 0 bridgehead atoms. The van der Waals surface area contributed by atoms with Gasteiger partial charge >= 0.3 is 6.61 Å². The van der Waals surface area contributed by atoms with Crippen LogP contribution in [0.5, 0.6) is 11.6 Å². The van der Waals surface area contributed by atoms with Crippen molar-refractivity contribution in [1.29, 1.82) is 0 Å². The molecule has 6 rings (SSSR count). The van der Waals surface area contributed by atoms with Gasteiger partial charge in [0.2, 0.25) is 5.95 Å². The van der Waals surface area contributed by atoms with Gasteiger partial charge in [-0.2, -0.15) is 8.78 Å². The Morgan fingerprint density at radius 1 is 1.04 bits per heavy atom. The molecule has 0 radical (unpaired) electrons. The smallest absolute Gasteiger partial charge is 0.345 e. The van der Waals surface area contributed by atoms with E-state index >= 15 is 0 Å². The molecule has 0 spiro atoms. The van der Waals surface area contributed by atoms with E-state index in [1.165, 1.54) is 6.33 Å². The number of nitrogens with zero attached hydrogens (tertiary/aromatic N) is 9. The van der Waals surface area contributed by atoms with Crippen molar-refractivity contribution in [2.24, 2.45) is 0 Å². The van der Waals surface area contributed by atoms with Crippen molar-refractivity contribution in [1.82, 2.24) is 44.9 Å². The second-order valence-corrected chi connectivity index (χ2v) is 11.9. The van der Waals surface area contributed by atoms with Crippen LogP contribution in [0.1, 0.15) is 38.6 Å². The minimum absolute atomic E-state index is 0.0884. The van der Waals surface area contributed by atoms with Gasteiger partial charge in [-0.15, -0.1) is 10.2 Å². The van der Waals surface area contributed by atoms with Gasteiger partial charge in [-0.05, 0) is 60.7 Å². The number of aromatic nitrogens is 8. The van der Waals surface area contributed by atoms with E-state index in [0.29, 0.717) is 35.0 Å². The summed E-state index contributed by atoms with van der Waals surface area (Å²) in [5.74, 6) is 1.09. The van der Waals surface area contributed by atoms with Gasteiger partial charge in [0, 0.05) is 37.1 Å². The van der Waals surface area contributed by atoms with Gasteiger partial charge in [-0.3, -0.25) is 9.58 Å². The first-order chi connectivity index (χ1) is 22.9. The van der Waals surface area contributed by atoms with Gasteiger partial charge in [0.15, 0.2) is 0 Å². The average molecular weight is 675 g/mol. The Bertz CT molecular complexity index is 1550. The van der Waals surface area contributed by atoms with Crippen molar-refractivity contribution in [3.63, 3.8) is 0 Å². The molecule has 47 heavy (non-hydrogen) atoms. The molecular formula is C30H37ClF2N10O4. The quantitative estimate of drug-likeness (QED) is 0.187. The third-order valence-electron chi connectivity index (χ3n) is 8.19. The maximum atomic E-state index is 12.5. The SMILES string of the molecule is C[C@@H](Cn1cnnn1)Oc1cc(-c2cnc(Nc3cn(C4CCC(N5CCOCC5)CC4)nc3OCCOC(F)F)nc2)ccc1Cl. The van der Waals surface area contributed by atoms with E-state index in [1.807, 2.05) is 29.9 Å². The van der Waals surface area contributed by atoms with Gasteiger partial charge in [-0.1, -0.05) is 17.7 Å². The number of anilines is 2. The summed E-state index contributed by atoms with van der Waals surface area (Å²) in [6.45, 7) is 2.63. The molecule has 1 aromatic carbocycles. The normalized spacial score (nSPS) is 19.5. The molecule has 0 unspecified atom stereocenters. The molecule has 17 heteroatoms. The number of halogens is 3. The van der Waals surface area contributed by atoms with E-state index in [9.17, 15) is 8.78 Å². The molecule has 14 nitrogen and oxygen atoms in total. The van der Waals surface area contributed by atoms with Crippen molar-refractivity contribution in [2.45, 2.75) is 64.0 Å². The third-order valence-corrected chi connectivity index (χ3v) is 8.51. The Kier molecular flexibility index (Phi) is 11.0. The predicted molar refractivity (Wildman–Crippen MR) is 167 cm³/mol. The van der Waals surface area contributed by atoms with Gasteiger partial charge < -0.3 is 24.3 Å². The molecule has 1 aliphatic carbocycles. The predicted octanol–water partition coefficient (Wildman–Crippen LogP) is 4.63. The van der Waals surface area contributed by atoms with Crippen molar-refractivity contribution < 1.29 is 27.7 Å². The third kappa shape index (κ3) is 8.88. The van der Waals surface area contributed by atoms with Crippen molar-refractivity contribution in [2.75, 3.05) is 44.8 Å². The van der Waals surface area contributed by atoms with Crippen LogP contribution in [-0.4, -0.2) is 103 Å². The van der Waals surface area contributed by atoms with E-state index in [2.05, 4.69) is 45.5 Å². The fraction of sp³-hybridized carbons (Fsp3) is 0.533. The molecule has 1 saturated carbocycles. The summed E-state index contributed by atoms with van der Waals surface area (Å²) in [6.07, 6.45) is 10.6. The van der Waals surface area contributed by atoms with Gasteiger partial charge in [0.1, 0.15) is 30.5 Å². The van der Waals surface area contributed by atoms with Crippen LogP contribution in [0.3, 0.4) is 0 Å². The van der Waals surface area contributed by atoms with Gasteiger partial charge in [-0.25, -0.2) is 14.6 Å². The monoisotopic (exact) mass is 674 g/mol.